The molecule has 0 atom stereocenters. The van der Waals surface area contributed by atoms with Gasteiger partial charge in [-0.2, -0.15) is 0 Å². The third-order valence-electron chi connectivity index (χ3n) is 2.71. The van der Waals surface area contributed by atoms with Crippen molar-refractivity contribution >= 4 is 5.97 Å². The van der Waals surface area contributed by atoms with Gasteiger partial charge in [-0.1, -0.05) is 12.1 Å². The highest BCUT2D eigenvalue weighted by Crippen LogP contribution is 2.24. The zero-order valence-corrected chi connectivity index (χ0v) is 12.1. The van der Waals surface area contributed by atoms with Crippen LogP contribution < -0.4 is 10.3 Å². The quantitative estimate of drug-likeness (QED) is 0.909. The van der Waals surface area contributed by atoms with Crippen molar-refractivity contribution in [2.75, 3.05) is 0 Å². The van der Waals surface area contributed by atoms with E-state index in [4.69, 9.17) is 9.84 Å². The fraction of sp³-hybridized carbons (Fsp3) is 0.250. The molecule has 0 unspecified atom stereocenters. The summed E-state index contributed by atoms with van der Waals surface area (Å²) in [5.41, 5.74) is 0.0808. The van der Waals surface area contributed by atoms with Gasteiger partial charge >= 0.3 is 5.97 Å². The second kappa shape index (κ2) is 5.44. The number of aromatic amines is 1. The van der Waals surface area contributed by atoms with Gasteiger partial charge in [-0.25, -0.2) is 4.79 Å². The Labute approximate surface area is 122 Å². The Morgan fingerprint density at radius 1 is 1.19 bits per heavy atom. The molecule has 0 radical (unpaired) electrons. The first-order valence-electron chi connectivity index (χ1n) is 6.52. The first kappa shape index (κ1) is 14.8. The van der Waals surface area contributed by atoms with E-state index in [1.165, 1.54) is 6.07 Å². The second-order valence-corrected chi connectivity index (χ2v) is 5.66. The van der Waals surface area contributed by atoms with E-state index in [-0.39, 0.29) is 11.2 Å². The number of aromatic carboxylic acids is 1. The van der Waals surface area contributed by atoms with Gasteiger partial charge in [0.2, 0.25) is 0 Å². The predicted octanol–water partition coefficient (Wildman–Crippen LogP) is 2.92. The summed E-state index contributed by atoms with van der Waals surface area (Å²) in [5.74, 6) is -0.559. The molecule has 5 nitrogen and oxygen atoms in total. The molecule has 1 heterocycles. The minimum absolute atomic E-state index is 0.277. The first-order chi connectivity index (χ1) is 9.76. The van der Waals surface area contributed by atoms with E-state index >= 15 is 0 Å². The van der Waals surface area contributed by atoms with Crippen molar-refractivity contribution in [1.29, 1.82) is 0 Å². The van der Waals surface area contributed by atoms with Gasteiger partial charge in [0.15, 0.2) is 0 Å². The van der Waals surface area contributed by atoms with Gasteiger partial charge in [0.05, 0.1) is 0 Å². The third kappa shape index (κ3) is 3.72. The molecule has 0 saturated heterocycles. The summed E-state index contributed by atoms with van der Waals surface area (Å²) in [6.07, 6.45) is 0. The summed E-state index contributed by atoms with van der Waals surface area (Å²) in [4.78, 5) is 25.1. The minimum Gasteiger partial charge on any atom is -0.488 e. The number of carbonyl (C=O) groups is 1. The highest BCUT2D eigenvalue weighted by atomic mass is 16.5. The summed E-state index contributed by atoms with van der Waals surface area (Å²) < 4.78 is 5.77. The van der Waals surface area contributed by atoms with Crippen LogP contribution in [0.1, 0.15) is 31.1 Å². The van der Waals surface area contributed by atoms with Gasteiger partial charge in [0.25, 0.3) is 5.56 Å². The number of carboxylic acid groups (broad SMARTS) is 1. The largest absolute Gasteiger partial charge is 0.488 e. The lowest BCUT2D eigenvalue weighted by molar-refractivity contribution is 0.0695. The number of benzene rings is 1. The van der Waals surface area contributed by atoms with Crippen molar-refractivity contribution in [3.8, 4) is 17.0 Å². The number of hydrogen-bond acceptors (Lipinski definition) is 3. The maximum Gasteiger partial charge on any atom is 0.341 e. The molecule has 0 aliphatic carbocycles. The number of rotatable bonds is 3. The maximum absolute atomic E-state index is 11.7. The number of nitrogens with one attached hydrogen (secondary N) is 1. The fourth-order valence-corrected chi connectivity index (χ4v) is 1.89. The smallest absolute Gasteiger partial charge is 0.341 e. The Bertz CT molecular complexity index is 726. The molecule has 1 aromatic carbocycles. The molecule has 0 fully saturated rings. The highest BCUT2D eigenvalue weighted by molar-refractivity contribution is 5.87. The summed E-state index contributed by atoms with van der Waals surface area (Å²) >= 11 is 0. The molecule has 0 spiro atoms. The SMILES string of the molecule is CC(C)(C)Oc1cccc(-c2ccc(C(=O)O)c(=O)[nH]2)c1. The number of carboxylic acids is 1. The van der Waals surface area contributed by atoms with E-state index in [1.807, 2.05) is 39.0 Å². The lowest BCUT2D eigenvalue weighted by atomic mass is 10.1. The standard InChI is InChI=1S/C16H17NO4/c1-16(2,3)21-11-6-4-5-10(9-11)13-8-7-12(15(19)20)14(18)17-13/h4-9H,1-3H3,(H,17,18)(H,19,20). The van der Waals surface area contributed by atoms with Crippen LogP contribution in [0.25, 0.3) is 11.3 Å². The second-order valence-electron chi connectivity index (χ2n) is 5.66. The van der Waals surface area contributed by atoms with Crippen molar-refractivity contribution in [3.63, 3.8) is 0 Å². The number of aromatic nitrogens is 1. The zero-order chi connectivity index (χ0) is 15.6. The average Bonchev–Trinajstić information content (AvgIpc) is 2.36. The van der Waals surface area contributed by atoms with Crippen LogP contribution in [0.2, 0.25) is 0 Å². The minimum atomic E-state index is -1.24. The van der Waals surface area contributed by atoms with E-state index in [9.17, 15) is 9.59 Å². The van der Waals surface area contributed by atoms with E-state index in [0.717, 1.165) is 5.56 Å². The highest BCUT2D eigenvalue weighted by Gasteiger charge is 2.13. The molecule has 0 aliphatic heterocycles. The van der Waals surface area contributed by atoms with Crippen LogP contribution in [0, 0.1) is 0 Å². The van der Waals surface area contributed by atoms with Crippen LogP contribution in [0.3, 0.4) is 0 Å². The van der Waals surface area contributed by atoms with Crippen LogP contribution in [0.4, 0.5) is 0 Å². The summed E-state index contributed by atoms with van der Waals surface area (Å²) in [5, 5.41) is 8.86. The third-order valence-corrected chi connectivity index (χ3v) is 2.71. The van der Waals surface area contributed by atoms with Crippen molar-refractivity contribution in [2.24, 2.45) is 0 Å². The van der Waals surface area contributed by atoms with Crippen molar-refractivity contribution in [2.45, 2.75) is 26.4 Å². The number of ether oxygens (including phenoxy) is 1. The van der Waals surface area contributed by atoms with E-state index in [1.54, 1.807) is 12.1 Å². The Hall–Kier alpha value is -2.56. The fourth-order valence-electron chi connectivity index (χ4n) is 1.89. The van der Waals surface area contributed by atoms with E-state index in [0.29, 0.717) is 11.4 Å². The van der Waals surface area contributed by atoms with Crippen molar-refractivity contribution in [1.82, 2.24) is 4.98 Å². The van der Waals surface area contributed by atoms with Crippen molar-refractivity contribution < 1.29 is 14.6 Å². The van der Waals surface area contributed by atoms with Crippen molar-refractivity contribution in [3.05, 3.63) is 52.3 Å². The molecule has 5 heteroatoms. The average molecular weight is 287 g/mol. The van der Waals surface area contributed by atoms with E-state index < -0.39 is 11.5 Å². The Morgan fingerprint density at radius 2 is 1.90 bits per heavy atom. The molecule has 2 N–H and O–H groups in total. The predicted molar refractivity (Wildman–Crippen MR) is 79.8 cm³/mol. The number of hydrogen-bond donors (Lipinski definition) is 2. The van der Waals surface area contributed by atoms with Gasteiger partial charge in [-0.05, 0) is 45.0 Å². The van der Waals surface area contributed by atoms with Gasteiger partial charge < -0.3 is 14.8 Å². The number of H-pyrrole nitrogens is 1. The zero-order valence-electron chi connectivity index (χ0n) is 12.1. The number of pyridine rings is 1. The molecule has 2 aromatic rings. The molecular formula is C16H17NO4. The first-order valence-corrected chi connectivity index (χ1v) is 6.52. The van der Waals surface area contributed by atoms with Crippen LogP contribution >= 0.6 is 0 Å². The van der Waals surface area contributed by atoms with Crippen LogP contribution in [0.15, 0.2) is 41.2 Å². The lowest BCUT2D eigenvalue weighted by Crippen LogP contribution is -2.22. The molecule has 110 valence electrons. The van der Waals surface area contributed by atoms with Crippen LogP contribution in [-0.4, -0.2) is 21.7 Å². The molecule has 0 amide bonds. The molecule has 1 aromatic heterocycles. The summed E-state index contributed by atoms with van der Waals surface area (Å²) in [7, 11) is 0. The van der Waals surface area contributed by atoms with Gasteiger partial charge in [-0.15, -0.1) is 0 Å². The maximum atomic E-state index is 11.7. The van der Waals surface area contributed by atoms with Gasteiger partial charge in [0, 0.05) is 11.3 Å². The normalized spacial score (nSPS) is 11.2. The van der Waals surface area contributed by atoms with E-state index in [2.05, 4.69) is 4.98 Å². The molecule has 0 aliphatic rings. The Balaban J connectivity index is 2.39. The molecule has 0 bridgehead atoms. The topological polar surface area (TPSA) is 79.4 Å². The Morgan fingerprint density at radius 3 is 2.48 bits per heavy atom. The monoisotopic (exact) mass is 287 g/mol. The molecular weight excluding hydrogens is 270 g/mol. The molecule has 2 rings (SSSR count). The van der Waals surface area contributed by atoms with Crippen LogP contribution in [-0.2, 0) is 0 Å². The van der Waals surface area contributed by atoms with Gasteiger partial charge in [-0.3, -0.25) is 4.79 Å². The Kier molecular flexibility index (Phi) is 3.84. The lowest BCUT2D eigenvalue weighted by Gasteiger charge is -2.21. The van der Waals surface area contributed by atoms with Gasteiger partial charge in [0.1, 0.15) is 16.9 Å². The molecule has 0 saturated carbocycles. The van der Waals surface area contributed by atoms with Crippen LogP contribution in [0.5, 0.6) is 5.75 Å². The molecule has 21 heavy (non-hydrogen) atoms. The summed E-state index contributed by atoms with van der Waals surface area (Å²) in [6, 6.07) is 10.1. The summed E-state index contributed by atoms with van der Waals surface area (Å²) in [6.45, 7) is 5.84.